The first-order valence-corrected chi connectivity index (χ1v) is 12.1. The molecule has 2 heterocycles. The molecule has 2 fully saturated rings. The van der Waals surface area contributed by atoms with E-state index in [4.69, 9.17) is 0 Å². The van der Waals surface area contributed by atoms with Crippen LogP contribution in [0.25, 0.3) is 0 Å². The van der Waals surface area contributed by atoms with Gasteiger partial charge < -0.3 is 15.5 Å². The van der Waals surface area contributed by atoms with Crippen LogP contribution in [0.2, 0.25) is 0 Å². The number of guanidine groups is 1. The first-order chi connectivity index (χ1) is 13.9. The van der Waals surface area contributed by atoms with E-state index in [0.29, 0.717) is 36.6 Å². The second-order valence-electron chi connectivity index (χ2n) is 8.23. The van der Waals surface area contributed by atoms with Gasteiger partial charge in [-0.05, 0) is 57.2 Å². The van der Waals surface area contributed by atoms with Crippen LogP contribution in [-0.4, -0.2) is 68.9 Å². The van der Waals surface area contributed by atoms with Crippen LogP contribution in [0.1, 0.15) is 45.1 Å². The van der Waals surface area contributed by atoms with Gasteiger partial charge in [0.25, 0.3) is 0 Å². The van der Waals surface area contributed by atoms with Gasteiger partial charge in [0.1, 0.15) is 0 Å². The molecule has 7 nitrogen and oxygen atoms in total. The molecule has 0 aromatic heterocycles. The molecule has 0 atom stereocenters. The van der Waals surface area contributed by atoms with E-state index >= 15 is 0 Å². The fraction of sp³-hybridized carbons (Fsp3) is 0.667. The quantitative estimate of drug-likeness (QED) is 0.324. The fourth-order valence-corrected chi connectivity index (χ4v) is 5.51. The average Bonchev–Trinajstić information content (AvgIpc) is 3.27. The topological polar surface area (TPSA) is 77.0 Å². The molecule has 9 heteroatoms. The Labute approximate surface area is 198 Å². The molecule has 1 aromatic rings. The van der Waals surface area contributed by atoms with Crippen molar-refractivity contribution in [2.24, 2.45) is 4.99 Å². The number of halogens is 1. The molecule has 170 valence electrons. The zero-order valence-electron chi connectivity index (χ0n) is 18.3. The number of hydrogen-bond acceptors (Lipinski definition) is 4. The van der Waals surface area contributed by atoms with E-state index in [-0.39, 0.29) is 24.0 Å². The van der Waals surface area contributed by atoms with E-state index in [1.54, 1.807) is 23.5 Å². The molecule has 30 heavy (non-hydrogen) atoms. The number of sulfonamides is 1. The standard InChI is InChI=1S/C21H35N5O2S.HI/c1-17(2)25-14-10-19(11-15-25)24-21(22-3)23-16-18-6-8-20(9-7-18)29(27,28)26-12-4-5-13-26;/h6-9,17,19H,4-5,10-16H2,1-3H3,(H2,22,23,24);1H. The number of rotatable bonds is 6. The molecule has 0 unspecified atom stereocenters. The van der Waals surface area contributed by atoms with Crippen LogP contribution >= 0.6 is 24.0 Å². The number of nitrogens with one attached hydrogen (secondary N) is 2. The minimum Gasteiger partial charge on any atom is -0.354 e. The lowest BCUT2D eigenvalue weighted by molar-refractivity contribution is 0.167. The Morgan fingerprint density at radius 1 is 1.10 bits per heavy atom. The highest BCUT2D eigenvalue weighted by Gasteiger charge is 2.27. The maximum atomic E-state index is 12.6. The van der Waals surface area contributed by atoms with Gasteiger partial charge in [0.15, 0.2) is 5.96 Å². The van der Waals surface area contributed by atoms with Gasteiger partial charge in [-0.15, -0.1) is 24.0 Å². The molecule has 3 rings (SSSR count). The van der Waals surface area contributed by atoms with Crippen molar-refractivity contribution in [1.29, 1.82) is 0 Å². The number of hydrogen-bond donors (Lipinski definition) is 2. The Hall–Kier alpha value is -0.910. The van der Waals surface area contributed by atoms with Crippen molar-refractivity contribution in [1.82, 2.24) is 19.8 Å². The Bertz CT molecular complexity index is 784. The van der Waals surface area contributed by atoms with Crippen molar-refractivity contribution in [3.05, 3.63) is 29.8 Å². The van der Waals surface area contributed by atoms with Crippen LogP contribution in [0.15, 0.2) is 34.2 Å². The van der Waals surface area contributed by atoms with Crippen LogP contribution in [-0.2, 0) is 16.6 Å². The van der Waals surface area contributed by atoms with E-state index in [2.05, 4.69) is 34.4 Å². The molecular weight excluding hydrogens is 513 g/mol. The predicted octanol–water partition coefficient (Wildman–Crippen LogP) is 2.63. The van der Waals surface area contributed by atoms with E-state index < -0.39 is 10.0 Å². The van der Waals surface area contributed by atoms with E-state index in [1.807, 2.05) is 12.1 Å². The van der Waals surface area contributed by atoms with Gasteiger partial charge in [-0.2, -0.15) is 4.31 Å². The third kappa shape index (κ3) is 6.54. The lowest BCUT2D eigenvalue weighted by Gasteiger charge is -2.35. The summed E-state index contributed by atoms with van der Waals surface area (Å²) in [5.74, 6) is 0.793. The third-order valence-electron chi connectivity index (χ3n) is 5.91. The molecule has 0 amide bonds. The van der Waals surface area contributed by atoms with Crippen molar-refractivity contribution in [3.63, 3.8) is 0 Å². The Morgan fingerprint density at radius 2 is 1.70 bits per heavy atom. The Morgan fingerprint density at radius 3 is 2.23 bits per heavy atom. The molecule has 2 N–H and O–H groups in total. The maximum absolute atomic E-state index is 12.6. The second-order valence-corrected chi connectivity index (χ2v) is 10.2. The number of likely N-dealkylation sites (tertiary alicyclic amines) is 1. The van der Waals surface area contributed by atoms with Crippen LogP contribution in [0.4, 0.5) is 0 Å². The summed E-state index contributed by atoms with van der Waals surface area (Å²) >= 11 is 0. The summed E-state index contributed by atoms with van der Waals surface area (Å²) < 4.78 is 26.8. The Balaban J connectivity index is 0.00000320. The van der Waals surface area contributed by atoms with Crippen LogP contribution in [0, 0.1) is 0 Å². The summed E-state index contributed by atoms with van der Waals surface area (Å²) in [6.45, 7) is 8.58. The summed E-state index contributed by atoms with van der Waals surface area (Å²) in [5, 5.41) is 6.86. The highest BCUT2D eigenvalue weighted by molar-refractivity contribution is 14.0. The first-order valence-electron chi connectivity index (χ1n) is 10.7. The van der Waals surface area contributed by atoms with Crippen LogP contribution in [0.3, 0.4) is 0 Å². The summed E-state index contributed by atoms with van der Waals surface area (Å²) in [5.41, 5.74) is 1.03. The smallest absolute Gasteiger partial charge is 0.243 e. The highest BCUT2D eigenvalue weighted by atomic mass is 127. The van der Waals surface area contributed by atoms with E-state index in [1.165, 1.54) is 0 Å². The minimum absolute atomic E-state index is 0. The highest BCUT2D eigenvalue weighted by Crippen LogP contribution is 2.21. The van der Waals surface area contributed by atoms with Gasteiger partial charge in [-0.25, -0.2) is 8.42 Å². The van der Waals surface area contributed by atoms with Gasteiger partial charge in [0, 0.05) is 51.9 Å². The molecule has 0 spiro atoms. The summed E-state index contributed by atoms with van der Waals surface area (Å²) in [7, 11) is -1.57. The van der Waals surface area contributed by atoms with E-state index in [9.17, 15) is 8.42 Å². The Kier molecular flexibility index (Phi) is 9.83. The lowest BCUT2D eigenvalue weighted by Crippen LogP contribution is -2.49. The van der Waals surface area contributed by atoms with Gasteiger partial charge >= 0.3 is 0 Å². The average molecular weight is 550 g/mol. The zero-order valence-corrected chi connectivity index (χ0v) is 21.4. The molecule has 0 aliphatic carbocycles. The molecule has 2 aliphatic heterocycles. The van der Waals surface area contributed by atoms with Crippen molar-refractivity contribution >= 4 is 40.0 Å². The van der Waals surface area contributed by atoms with Crippen molar-refractivity contribution < 1.29 is 8.42 Å². The van der Waals surface area contributed by atoms with Crippen molar-refractivity contribution in [2.75, 3.05) is 33.2 Å². The molecule has 0 bridgehead atoms. The van der Waals surface area contributed by atoms with Gasteiger partial charge in [0.2, 0.25) is 10.0 Å². The SMILES string of the molecule is CN=C(NCc1ccc(S(=O)(=O)N2CCCC2)cc1)NC1CCN(C(C)C)CC1.I. The molecule has 2 saturated heterocycles. The molecule has 0 radical (unpaired) electrons. The largest absolute Gasteiger partial charge is 0.354 e. The predicted molar refractivity (Wildman–Crippen MR) is 133 cm³/mol. The number of benzene rings is 1. The third-order valence-corrected chi connectivity index (χ3v) is 7.82. The minimum atomic E-state index is -3.35. The number of aliphatic imine (C=N–C) groups is 1. The van der Waals surface area contributed by atoms with Gasteiger partial charge in [0.05, 0.1) is 4.90 Å². The normalized spacial score (nSPS) is 19.7. The van der Waals surface area contributed by atoms with Crippen molar-refractivity contribution in [3.8, 4) is 0 Å². The first kappa shape index (κ1) is 25.4. The number of piperidine rings is 1. The van der Waals surface area contributed by atoms with Gasteiger partial charge in [-0.1, -0.05) is 12.1 Å². The monoisotopic (exact) mass is 549 g/mol. The fourth-order valence-electron chi connectivity index (χ4n) is 3.99. The second kappa shape index (κ2) is 11.6. The van der Waals surface area contributed by atoms with Crippen molar-refractivity contribution in [2.45, 2.75) is 63.1 Å². The number of nitrogens with zero attached hydrogens (tertiary/aromatic N) is 3. The molecule has 0 saturated carbocycles. The lowest BCUT2D eigenvalue weighted by atomic mass is 10.0. The molecular formula is C21H36IN5O2S. The summed E-state index contributed by atoms with van der Waals surface area (Å²) in [6, 6.07) is 8.22. The maximum Gasteiger partial charge on any atom is 0.243 e. The van der Waals surface area contributed by atoms with E-state index in [0.717, 1.165) is 50.3 Å². The molecule has 2 aliphatic rings. The summed E-state index contributed by atoms with van der Waals surface area (Å²) in [6.07, 6.45) is 4.12. The zero-order chi connectivity index (χ0) is 20.9. The van der Waals surface area contributed by atoms with Crippen LogP contribution in [0.5, 0.6) is 0 Å². The van der Waals surface area contributed by atoms with Crippen LogP contribution < -0.4 is 10.6 Å². The summed E-state index contributed by atoms with van der Waals surface area (Å²) in [4.78, 5) is 7.22. The molecule has 1 aromatic carbocycles. The van der Waals surface area contributed by atoms with Gasteiger partial charge in [-0.3, -0.25) is 4.99 Å².